The quantitative estimate of drug-likeness (QED) is 0.450. The Balaban J connectivity index is 1.53. The molecule has 1 aromatic heterocycles. The highest BCUT2D eigenvalue weighted by atomic mass is 79.9. The largest absolute Gasteiger partial charge is 0.324 e. The van der Waals surface area contributed by atoms with Crippen molar-refractivity contribution in [3.05, 3.63) is 107 Å². The van der Waals surface area contributed by atoms with Gasteiger partial charge in [-0.3, -0.25) is 0 Å². The second kappa shape index (κ2) is 7.09. The first-order valence-electron chi connectivity index (χ1n) is 9.07. The van der Waals surface area contributed by atoms with E-state index in [1.807, 2.05) is 22.9 Å². The van der Waals surface area contributed by atoms with Crippen LogP contribution in [0.15, 0.2) is 95.7 Å². The molecule has 0 fully saturated rings. The molecule has 5 rings (SSSR count). The summed E-state index contributed by atoms with van der Waals surface area (Å²) in [6, 6.07) is 27.3. The molecule has 0 aliphatic carbocycles. The minimum atomic E-state index is -0.0138. The number of allylic oxidation sites excluding steroid dienone is 1. The summed E-state index contributed by atoms with van der Waals surface area (Å²) >= 11 is 3.57. The number of benzene rings is 3. The highest BCUT2D eigenvalue weighted by Crippen LogP contribution is 2.33. The molecule has 4 nitrogen and oxygen atoms in total. The molecule has 2 heterocycles. The van der Waals surface area contributed by atoms with Crippen molar-refractivity contribution in [2.75, 3.05) is 5.32 Å². The number of hydrogen-bond acceptors (Lipinski definition) is 3. The topological polar surface area (TPSA) is 42.7 Å². The van der Waals surface area contributed by atoms with Gasteiger partial charge in [-0.15, -0.1) is 0 Å². The van der Waals surface area contributed by atoms with E-state index in [1.165, 1.54) is 11.1 Å². The van der Waals surface area contributed by atoms with E-state index < -0.39 is 0 Å². The Hall–Kier alpha value is -3.18. The van der Waals surface area contributed by atoms with Crippen LogP contribution < -0.4 is 5.32 Å². The van der Waals surface area contributed by atoms with E-state index in [4.69, 9.17) is 0 Å². The summed E-state index contributed by atoms with van der Waals surface area (Å²) in [5.41, 5.74) is 5.72. The summed E-state index contributed by atoms with van der Waals surface area (Å²) < 4.78 is 2.95. The summed E-state index contributed by atoms with van der Waals surface area (Å²) in [4.78, 5) is 4.38. The molecule has 136 valence electrons. The van der Waals surface area contributed by atoms with Crippen LogP contribution in [-0.4, -0.2) is 14.8 Å². The van der Waals surface area contributed by atoms with Crippen molar-refractivity contribution in [3.63, 3.8) is 0 Å². The maximum absolute atomic E-state index is 4.41. The Labute approximate surface area is 171 Å². The number of halogens is 1. The van der Waals surface area contributed by atoms with Crippen LogP contribution in [0.5, 0.6) is 0 Å². The standard InChI is InChI=1S/C23H17BrN4/c24-20-8-4-7-19(13-20)22-14-21(27-23-25-15-26-28(22)23)18-11-9-17(10-12-18)16-5-2-1-3-6-16/h1-15,22H,(H,25,26,27)/t22-/m1/s1. The lowest BCUT2D eigenvalue weighted by atomic mass is 9.99. The Kier molecular flexibility index (Phi) is 4.29. The molecule has 1 atom stereocenters. The summed E-state index contributed by atoms with van der Waals surface area (Å²) in [5, 5.41) is 7.81. The SMILES string of the molecule is Brc1cccc([C@H]2C=C(c3ccc(-c4ccccc4)cc3)Nc3ncnn32)c1. The molecule has 5 heteroatoms. The van der Waals surface area contributed by atoms with Gasteiger partial charge in [0.15, 0.2) is 0 Å². The predicted molar refractivity (Wildman–Crippen MR) is 116 cm³/mol. The highest BCUT2D eigenvalue weighted by Gasteiger charge is 2.23. The maximum Gasteiger partial charge on any atom is 0.226 e. The third kappa shape index (κ3) is 3.14. The molecule has 0 unspecified atom stereocenters. The average molecular weight is 429 g/mol. The summed E-state index contributed by atoms with van der Waals surface area (Å²) in [6.07, 6.45) is 3.78. The van der Waals surface area contributed by atoms with Gasteiger partial charge in [0.1, 0.15) is 12.4 Å². The third-order valence-corrected chi connectivity index (χ3v) is 5.39. The second-order valence-corrected chi connectivity index (χ2v) is 7.59. The van der Waals surface area contributed by atoms with Gasteiger partial charge in [0.25, 0.3) is 0 Å². The monoisotopic (exact) mass is 428 g/mol. The molecule has 0 bridgehead atoms. The number of nitrogens with one attached hydrogen (secondary N) is 1. The summed E-state index contributed by atoms with van der Waals surface area (Å²) in [6.45, 7) is 0. The van der Waals surface area contributed by atoms with Gasteiger partial charge >= 0.3 is 0 Å². The van der Waals surface area contributed by atoms with E-state index in [-0.39, 0.29) is 6.04 Å². The van der Waals surface area contributed by atoms with Crippen molar-refractivity contribution < 1.29 is 0 Å². The van der Waals surface area contributed by atoms with Crippen LogP contribution in [0.3, 0.4) is 0 Å². The van der Waals surface area contributed by atoms with Gasteiger partial charge in [-0.1, -0.05) is 82.7 Å². The summed E-state index contributed by atoms with van der Waals surface area (Å²) in [5.74, 6) is 0.745. The van der Waals surface area contributed by atoms with E-state index in [0.717, 1.165) is 27.2 Å². The Morgan fingerprint density at radius 2 is 1.57 bits per heavy atom. The molecular formula is C23H17BrN4. The third-order valence-electron chi connectivity index (χ3n) is 4.90. The Bertz CT molecular complexity index is 1150. The van der Waals surface area contributed by atoms with E-state index in [1.54, 1.807) is 6.33 Å². The van der Waals surface area contributed by atoms with E-state index in [2.05, 4.69) is 98.1 Å². The summed E-state index contributed by atoms with van der Waals surface area (Å²) in [7, 11) is 0. The van der Waals surface area contributed by atoms with Crippen LogP contribution in [0, 0.1) is 0 Å². The zero-order valence-corrected chi connectivity index (χ0v) is 16.5. The van der Waals surface area contributed by atoms with Gasteiger partial charge in [0.2, 0.25) is 5.95 Å². The lowest BCUT2D eigenvalue weighted by molar-refractivity contribution is 0.611. The van der Waals surface area contributed by atoms with Gasteiger partial charge in [0.05, 0.1) is 0 Å². The van der Waals surface area contributed by atoms with E-state index in [9.17, 15) is 0 Å². The molecular weight excluding hydrogens is 412 g/mol. The Morgan fingerprint density at radius 1 is 0.821 bits per heavy atom. The zero-order chi connectivity index (χ0) is 18.9. The van der Waals surface area contributed by atoms with Gasteiger partial charge in [0, 0.05) is 10.2 Å². The zero-order valence-electron chi connectivity index (χ0n) is 15.0. The number of fused-ring (bicyclic) bond motifs is 1. The van der Waals surface area contributed by atoms with Gasteiger partial charge < -0.3 is 5.32 Å². The van der Waals surface area contributed by atoms with Crippen LogP contribution in [0.2, 0.25) is 0 Å². The molecule has 4 aromatic rings. The van der Waals surface area contributed by atoms with E-state index in [0.29, 0.717) is 0 Å². The first-order valence-corrected chi connectivity index (χ1v) is 9.87. The normalized spacial score (nSPS) is 15.5. The average Bonchev–Trinajstić information content (AvgIpc) is 3.22. The fourth-order valence-electron chi connectivity index (χ4n) is 3.50. The van der Waals surface area contributed by atoms with Gasteiger partial charge in [-0.2, -0.15) is 10.1 Å². The van der Waals surface area contributed by atoms with Crippen LogP contribution in [0.1, 0.15) is 17.2 Å². The van der Waals surface area contributed by atoms with Crippen molar-refractivity contribution in [3.8, 4) is 11.1 Å². The predicted octanol–water partition coefficient (Wildman–Crippen LogP) is 5.76. The minimum Gasteiger partial charge on any atom is -0.324 e. The van der Waals surface area contributed by atoms with Crippen molar-refractivity contribution >= 4 is 27.6 Å². The van der Waals surface area contributed by atoms with Crippen LogP contribution >= 0.6 is 15.9 Å². The smallest absolute Gasteiger partial charge is 0.226 e. The van der Waals surface area contributed by atoms with Crippen LogP contribution in [0.4, 0.5) is 5.95 Å². The van der Waals surface area contributed by atoms with Crippen LogP contribution in [0.25, 0.3) is 16.8 Å². The van der Waals surface area contributed by atoms with Crippen LogP contribution in [-0.2, 0) is 0 Å². The molecule has 28 heavy (non-hydrogen) atoms. The minimum absolute atomic E-state index is 0.0138. The number of anilines is 1. The molecule has 3 aromatic carbocycles. The fraction of sp³-hybridized carbons (Fsp3) is 0.0435. The number of aromatic nitrogens is 3. The molecule has 0 saturated carbocycles. The molecule has 1 N–H and O–H groups in total. The molecule has 0 saturated heterocycles. The van der Waals surface area contributed by atoms with E-state index >= 15 is 0 Å². The number of rotatable bonds is 3. The molecule has 0 radical (unpaired) electrons. The fourth-order valence-corrected chi connectivity index (χ4v) is 3.92. The van der Waals surface area contributed by atoms with Crippen molar-refractivity contribution in [1.82, 2.24) is 14.8 Å². The number of nitrogens with zero attached hydrogens (tertiary/aromatic N) is 3. The first kappa shape index (κ1) is 17.0. The second-order valence-electron chi connectivity index (χ2n) is 6.68. The van der Waals surface area contributed by atoms with Crippen molar-refractivity contribution in [2.45, 2.75) is 6.04 Å². The number of hydrogen-bond donors (Lipinski definition) is 1. The lowest BCUT2D eigenvalue weighted by Gasteiger charge is -2.24. The molecule has 1 aliphatic heterocycles. The first-order chi connectivity index (χ1) is 13.8. The lowest BCUT2D eigenvalue weighted by Crippen LogP contribution is -2.20. The molecule has 0 spiro atoms. The Morgan fingerprint density at radius 3 is 2.36 bits per heavy atom. The maximum atomic E-state index is 4.41. The van der Waals surface area contributed by atoms with Crippen molar-refractivity contribution in [2.24, 2.45) is 0 Å². The van der Waals surface area contributed by atoms with Gasteiger partial charge in [-0.05, 0) is 40.5 Å². The van der Waals surface area contributed by atoms with Gasteiger partial charge in [-0.25, -0.2) is 4.68 Å². The highest BCUT2D eigenvalue weighted by molar-refractivity contribution is 9.10. The molecule has 0 amide bonds. The molecule has 1 aliphatic rings. The van der Waals surface area contributed by atoms with Crippen molar-refractivity contribution in [1.29, 1.82) is 0 Å².